The molecule has 108 valence electrons. The second-order valence-corrected chi connectivity index (χ2v) is 2.31. The minimum atomic E-state index is 0. The van der Waals surface area contributed by atoms with Crippen LogP contribution in [0, 0.1) is 0 Å². The molecular formula is C18H36. The summed E-state index contributed by atoms with van der Waals surface area (Å²) in [6, 6.07) is 10.2. The van der Waals surface area contributed by atoms with E-state index in [1.165, 1.54) is 11.1 Å². The molecular weight excluding hydrogens is 216 g/mol. The molecule has 0 aliphatic rings. The minimum Gasteiger partial charge on any atom is -0.106 e. The van der Waals surface area contributed by atoms with Gasteiger partial charge in [-0.05, 0) is 18.1 Å². The molecule has 0 atom stereocenters. The van der Waals surface area contributed by atoms with Crippen LogP contribution in [0.25, 0.3) is 5.57 Å². The van der Waals surface area contributed by atoms with Gasteiger partial charge in [0.1, 0.15) is 0 Å². The van der Waals surface area contributed by atoms with Crippen molar-refractivity contribution in [3.63, 3.8) is 0 Å². The highest BCUT2D eigenvalue weighted by Gasteiger charge is 1.91. The van der Waals surface area contributed by atoms with Crippen LogP contribution in [0.1, 0.15) is 49.6 Å². The average molecular weight is 252 g/mol. The third-order valence-electron chi connectivity index (χ3n) is 1.64. The molecule has 0 aliphatic heterocycles. The molecule has 0 N–H and O–H groups in total. The fourth-order valence-electron chi connectivity index (χ4n) is 1.03. The standard InChI is InChI=1S/C11H12.C2H4.5CH4/c1-3-10(4-2)11-8-6-5-7-9-11;1-2;;;;;/h3-9H,1H2,2H3;1-2H2;5*1H4/b10-4+;;;;;;. The van der Waals surface area contributed by atoms with Crippen LogP contribution in [-0.2, 0) is 0 Å². The van der Waals surface area contributed by atoms with E-state index in [1.807, 2.05) is 31.2 Å². The summed E-state index contributed by atoms with van der Waals surface area (Å²) in [5.74, 6) is 0. The molecule has 0 fully saturated rings. The first kappa shape index (κ1) is 36.0. The maximum atomic E-state index is 3.74. The average Bonchev–Trinajstić information content (AvgIpc) is 2.24. The Morgan fingerprint density at radius 3 is 1.56 bits per heavy atom. The Morgan fingerprint density at radius 1 is 0.889 bits per heavy atom. The summed E-state index contributed by atoms with van der Waals surface area (Å²) in [4.78, 5) is 0. The third kappa shape index (κ3) is 12.5. The highest BCUT2D eigenvalue weighted by molar-refractivity contribution is 5.72. The van der Waals surface area contributed by atoms with Gasteiger partial charge < -0.3 is 0 Å². The maximum absolute atomic E-state index is 3.74. The molecule has 0 heteroatoms. The van der Waals surface area contributed by atoms with Crippen LogP contribution in [0.5, 0.6) is 0 Å². The lowest BCUT2D eigenvalue weighted by atomic mass is 10.1. The first-order chi connectivity index (χ1) is 6.38. The summed E-state index contributed by atoms with van der Waals surface area (Å²) in [6.45, 7) is 11.8. The fourth-order valence-corrected chi connectivity index (χ4v) is 1.03. The monoisotopic (exact) mass is 252 g/mol. The van der Waals surface area contributed by atoms with Gasteiger partial charge >= 0.3 is 0 Å². The largest absolute Gasteiger partial charge is 0.106 e. The van der Waals surface area contributed by atoms with Gasteiger partial charge in [0.25, 0.3) is 0 Å². The summed E-state index contributed by atoms with van der Waals surface area (Å²) >= 11 is 0. The molecule has 1 aromatic carbocycles. The number of rotatable bonds is 2. The van der Waals surface area contributed by atoms with E-state index in [1.54, 1.807) is 0 Å². The molecule has 0 aromatic heterocycles. The normalized spacial score (nSPS) is 7.06. The van der Waals surface area contributed by atoms with Crippen molar-refractivity contribution in [1.82, 2.24) is 0 Å². The summed E-state index contributed by atoms with van der Waals surface area (Å²) in [6.07, 6.45) is 3.93. The zero-order chi connectivity index (χ0) is 10.1. The number of benzene rings is 1. The van der Waals surface area contributed by atoms with Gasteiger partial charge in [0, 0.05) is 0 Å². The van der Waals surface area contributed by atoms with Crippen molar-refractivity contribution in [2.75, 3.05) is 0 Å². The second-order valence-electron chi connectivity index (χ2n) is 2.31. The van der Waals surface area contributed by atoms with E-state index in [9.17, 15) is 0 Å². The van der Waals surface area contributed by atoms with Gasteiger partial charge in [-0.2, -0.15) is 0 Å². The van der Waals surface area contributed by atoms with Crippen LogP contribution in [0.2, 0.25) is 0 Å². The minimum absolute atomic E-state index is 0. The van der Waals surface area contributed by atoms with Gasteiger partial charge in [-0.3, -0.25) is 0 Å². The lowest BCUT2D eigenvalue weighted by Gasteiger charge is -1.98. The molecule has 0 nitrogen and oxygen atoms in total. The Hall–Kier alpha value is -1.56. The van der Waals surface area contributed by atoms with E-state index < -0.39 is 0 Å². The van der Waals surface area contributed by atoms with Crippen LogP contribution in [0.4, 0.5) is 0 Å². The van der Waals surface area contributed by atoms with Crippen molar-refractivity contribution in [2.24, 2.45) is 0 Å². The molecule has 0 saturated heterocycles. The zero-order valence-electron chi connectivity index (χ0n) is 8.16. The Kier molecular flexibility index (Phi) is 49.1. The van der Waals surface area contributed by atoms with E-state index in [-0.39, 0.29) is 37.1 Å². The van der Waals surface area contributed by atoms with E-state index >= 15 is 0 Å². The SMILES string of the molecule is C.C.C.C.C.C=C.C=C/C(=C\C)c1ccccc1. The van der Waals surface area contributed by atoms with Crippen molar-refractivity contribution >= 4 is 5.57 Å². The molecule has 0 amide bonds. The fraction of sp³-hybridized carbons (Fsp3) is 0.333. The Bertz CT molecular complexity index is 267. The summed E-state index contributed by atoms with van der Waals surface area (Å²) in [7, 11) is 0. The van der Waals surface area contributed by atoms with Crippen LogP contribution in [0.15, 0.2) is 62.2 Å². The summed E-state index contributed by atoms with van der Waals surface area (Å²) in [5.41, 5.74) is 2.41. The molecule has 0 unspecified atom stereocenters. The van der Waals surface area contributed by atoms with Crippen molar-refractivity contribution in [1.29, 1.82) is 0 Å². The van der Waals surface area contributed by atoms with Gasteiger partial charge in [0.05, 0.1) is 0 Å². The van der Waals surface area contributed by atoms with Gasteiger partial charge in [-0.15, -0.1) is 13.2 Å². The maximum Gasteiger partial charge on any atom is -0.0188 e. The summed E-state index contributed by atoms with van der Waals surface area (Å²) in [5, 5.41) is 0. The number of allylic oxidation sites excluding steroid dienone is 3. The molecule has 0 bridgehead atoms. The van der Waals surface area contributed by atoms with Crippen LogP contribution < -0.4 is 0 Å². The molecule has 0 saturated carbocycles. The molecule has 18 heavy (non-hydrogen) atoms. The van der Waals surface area contributed by atoms with Gasteiger partial charge in [-0.25, -0.2) is 0 Å². The van der Waals surface area contributed by atoms with E-state index in [0.29, 0.717) is 0 Å². The first-order valence-electron chi connectivity index (χ1n) is 4.22. The topological polar surface area (TPSA) is 0 Å². The lowest BCUT2D eigenvalue weighted by molar-refractivity contribution is 1.60. The molecule has 0 heterocycles. The molecule has 1 aromatic rings. The predicted molar refractivity (Wildman–Crippen MR) is 95.2 cm³/mol. The molecule has 0 radical (unpaired) electrons. The van der Waals surface area contributed by atoms with Crippen LogP contribution in [0.3, 0.4) is 0 Å². The summed E-state index contributed by atoms with van der Waals surface area (Å²) < 4.78 is 0. The Balaban J connectivity index is -0.0000000490. The smallest absolute Gasteiger partial charge is 0.0188 e. The number of hydrogen-bond donors (Lipinski definition) is 0. The van der Waals surface area contributed by atoms with Crippen molar-refractivity contribution in [2.45, 2.75) is 44.1 Å². The second kappa shape index (κ2) is 24.6. The highest BCUT2D eigenvalue weighted by atomic mass is 14.0. The van der Waals surface area contributed by atoms with E-state index in [0.717, 1.165) is 0 Å². The Labute approximate surface area is 118 Å². The number of hydrogen-bond acceptors (Lipinski definition) is 0. The van der Waals surface area contributed by atoms with Gasteiger partial charge in [0.15, 0.2) is 0 Å². The zero-order valence-corrected chi connectivity index (χ0v) is 8.16. The van der Waals surface area contributed by atoms with Crippen molar-refractivity contribution in [3.8, 4) is 0 Å². The molecule has 1 rings (SSSR count). The van der Waals surface area contributed by atoms with Crippen molar-refractivity contribution in [3.05, 3.63) is 67.8 Å². The van der Waals surface area contributed by atoms with Crippen molar-refractivity contribution < 1.29 is 0 Å². The molecule has 0 aliphatic carbocycles. The van der Waals surface area contributed by atoms with Crippen LogP contribution in [-0.4, -0.2) is 0 Å². The Morgan fingerprint density at radius 2 is 1.28 bits per heavy atom. The van der Waals surface area contributed by atoms with Crippen LogP contribution >= 0.6 is 0 Å². The quantitative estimate of drug-likeness (QED) is 0.384. The third-order valence-corrected chi connectivity index (χ3v) is 1.64. The van der Waals surface area contributed by atoms with Gasteiger partial charge in [0.2, 0.25) is 0 Å². The van der Waals surface area contributed by atoms with Gasteiger partial charge in [-0.1, -0.05) is 86.2 Å². The lowest BCUT2D eigenvalue weighted by Crippen LogP contribution is -1.76. The van der Waals surface area contributed by atoms with E-state index in [4.69, 9.17) is 0 Å². The predicted octanol–water partition coefficient (Wildman–Crippen LogP) is 7.26. The molecule has 0 spiro atoms. The highest BCUT2D eigenvalue weighted by Crippen LogP contribution is 2.13. The van der Waals surface area contributed by atoms with E-state index in [2.05, 4.69) is 37.9 Å². The first-order valence-corrected chi connectivity index (χ1v) is 4.22.